The number of fused-ring (bicyclic) bond motifs is 1. The zero-order chi connectivity index (χ0) is 11.0. The molecule has 84 valence electrons. The van der Waals surface area contributed by atoms with Gasteiger partial charge in [-0.2, -0.15) is 4.98 Å². The third kappa shape index (κ3) is 1.60. The number of rotatable bonds is 1. The molecule has 4 nitrogen and oxygen atoms in total. The van der Waals surface area contributed by atoms with Crippen LogP contribution in [0, 0.1) is 0 Å². The number of nitrogens with two attached hydrogens (primary N) is 1. The maximum absolute atomic E-state index is 5.72. The van der Waals surface area contributed by atoms with Crippen LogP contribution in [-0.2, 0) is 0 Å². The first-order chi connectivity index (χ1) is 7.83. The van der Waals surface area contributed by atoms with Gasteiger partial charge in [-0.3, -0.25) is 0 Å². The van der Waals surface area contributed by atoms with Gasteiger partial charge in [0, 0.05) is 18.8 Å². The van der Waals surface area contributed by atoms with Crippen molar-refractivity contribution in [1.29, 1.82) is 0 Å². The molecule has 1 saturated heterocycles. The third-order valence-electron chi connectivity index (χ3n) is 3.03. The highest BCUT2D eigenvalue weighted by molar-refractivity contribution is 5.78. The number of nitrogens with zero attached hydrogens (tertiary/aromatic N) is 2. The highest BCUT2D eigenvalue weighted by Crippen LogP contribution is 2.25. The molecule has 0 amide bonds. The molecule has 0 saturated carbocycles. The Kier molecular flexibility index (Phi) is 2.20. The molecule has 1 fully saturated rings. The normalized spacial score (nSPS) is 16.9. The van der Waals surface area contributed by atoms with E-state index in [0.29, 0.717) is 0 Å². The molecular formula is C12H15N3O. The lowest BCUT2D eigenvalue weighted by Crippen LogP contribution is -2.29. The lowest BCUT2D eigenvalue weighted by atomic mass is 10.1. The van der Waals surface area contributed by atoms with E-state index in [-0.39, 0.29) is 0 Å². The van der Waals surface area contributed by atoms with Gasteiger partial charge >= 0.3 is 0 Å². The van der Waals surface area contributed by atoms with Crippen LogP contribution in [0.25, 0.3) is 11.1 Å². The molecule has 0 unspecified atom stereocenters. The number of hydrogen-bond acceptors (Lipinski definition) is 4. The van der Waals surface area contributed by atoms with Crippen LogP contribution in [0.4, 0.5) is 11.7 Å². The van der Waals surface area contributed by atoms with E-state index in [1.165, 1.54) is 19.3 Å². The molecule has 0 aliphatic carbocycles. The molecule has 2 N–H and O–H groups in total. The summed E-state index contributed by atoms with van der Waals surface area (Å²) in [5.74, 6) is 0. The lowest BCUT2D eigenvalue weighted by molar-refractivity contribution is 0.509. The van der Waals surface area contributed by atoms with Crippen molar-refractivity contribution in [3.8, 4) is 0 Å². The van der Waals surface area contributed by atoms with Crippen molar-refractivity contribution in [2.75, 3.05) is 23.7 Å². The van der Waals surface area contributed by atoms with Gasteiger partial charge < -0.3 is 15.1 Å². The molecule has 1 aromatic heterocycles. The van der Waals surface area contributed by atoms with Crippen LogP contribution in [0.2, 0.25) is 0 Å². The molecule has 16 heavy (non-hydrogen) atoms. The van der Waals surface area contributed by atoms with Crippen molar-refractivity contribution in [3.05, 3.63) is 18.2 Å². The van der Waals surface area contributed by atoms with E-state index in [9.17, 15) is 0 Å². The van der Waals surface area contributed by atoms with Crippen LogP contribution >= 0.6 is 0 Å². The Hall–Kier alpha value is -1.71. The average molecular weight is 217 g/mol. The van der Waals surface area contributed by atoms with Crippen LogP contribution in [0.1, 0.15) is 19.3 Å². The molecule has 1 aliphatic rings. The Balaban J connectivity index is 1.97. The summed E-state index contributed by atoms with van der Waals surface area (Å²) in [5.41, 5.74) is 8.11. The number of benzene rings is 1. The number of anilines is 2. The van der Waals surface area contributed by atoms with Gasteiger partial charge in [0.2, 0.25) is 0 Å². The van der Waals surface area contributed by atoms with E-state index >= 15 is 0 Å². The van der Waals surface area contributed by atoms with Gasteiger partial charge in [0.1, 0.15) is 5.52 Å². The number of aromatic nitrogens is 1. The Morgan fingerprint density at radius 3 is 2.81 bits per heavy atom. The van der Waals surface area contributed by atoms with Gasteiger partial charge in [-0.25, -0.2) is 0 Å². The highest BCUT2D eigenvalue weighted by Gasteiger charge is 2.16. The summed E-state index contributed by atoms with van der Waals surface area (Å²) in [6.07, 6.45) is 3.76. The number of piperidine rings is 1. The molecular weight excluding hydrogens is 202 g/mol. The Bertz CT molecular complexity index is 500. The quantitative estimate of drug-likeness (QED) is 0.745. The largest absolute Gasteiger partial charge is 0.423 e. The van der Waals surface area contributed by atoms with Gasteiger partial charge in [0.15, 0.2) is 5.58 Å². The molecule has 0 spiro atoms. The van der Waals surface area contributed by atoms with Gasteiger partial charge in [-0.15, -0.1) is 0 Å². The molecule has 4 heteroatoms. The van der Waals surface area contributed by atoms with Crippen molar-refractivity contribution < 1.29 is 4.42 Å². The fourth-order valence-electron chi connectivity index (χ4n) is 2.15. The van der Waals surface area contributed by atoms with Gasteiger partial charge in [0.25, 0.3) is 6.01 Å². The summed E-state index contributed by atoms with van der Waals surface area (Å²) in [7, 11) is 0. The minimum atomic E-state index is 0.728. The third-order valence-corrected chi connectivity index (χ3v) is 3.03. The average Bonchev–Trinajstić information content (AvgIpc) is 2.73. The minimum Gasteiger partial charge on any atom is -0.423 e. The van der Waals surface area contributed by atoms with E-state index in [2.05, 4.69) is 9.88 Å². The zero-order valence-electron chi connectivity index (χ0n) is 9.15. The number of nitrogen functional groups attached to an aromatic ring is 1. The molecule has 1 aliphatic heterocycles. The summed E-state index contributed by atoms with van der Waals surface area (Å²) in [6, 6.07) is 6.31. The van der Waals surface area contributed by atoms with Gasteiger partial charge in [0.05, 0.1) is 0 Å². The molecule has 2 aromatic rings. The second-order valence-corrected chi connectivity index (χ2v) is 4.27. The SMILES string of the molecule is Nc1ccc2oc(N3CCCCC3)nc2c1. The topological polar surface area (TPSA) is 55.3 Å². The maximum atomic E-state index is 5.72. The summed E-state index contributed by atoms with van der Waals surface area (Å²) in [4.78, 5) is 6.68. The molecule has 0 atom stereocenters. The van der Waals surface area contributed by atoms with E-state index in [0.717, 1.165) is 35.9 Å². The number of hydrogen-bond donors (Lipinski definition) is 1. The standard InChI is InChI=1S/C12H15N3O/c13-9-4-5-11-10(8-9)14-12(16-11)15-6-2-1-3-7-15/h4-5,8H,1-3,6-7,13H2. The molecule has 1 aromatic carbocycles. The smallest absolute Gasteiger partial charge is 0.298 e. The summed E-state index contributed by atoms with van der Waals surface area (Å²) in [5, 5.41) is 0. The van der Waals surface area contributed by atoms with Gasteiger partial charge in [-0.05, 0) is 37.5 Å². The maximum Gasteiger partial charge on any atom is 0.298 e. The second kappa shape index (κ2) is 3.70. The summed E-state index contributed by atoms with van der Waals surface area (Å²) < 4.78 is 5.72. The van der Waals surface area contributed by atoms with Crippen LogP contribution < -0.4 is 10.6 Å². The summed E-state index contributed by atoms with van der Waals surface area (Å²) >= 11 is 0. The van der Waals surface area contributed by atoms with Crippen LogP contribution in [-0.4, -0.2) is 18.1 Å². The monoisotopic (exact) mass is 217 g/mol. The highest BCUT2D eigenvalue weighted by atomic mass is 16.4. The lowest BCUT2D eigenvalue weighted by Gasteiger charge is -2.24. The number of oxazole rings is 1. The zero-order valence-corrected chi connectivity index (χ0v) is 9.15. The van der Waals surface area contributed by atoms with Gasteiger partial charge in [-0.1, -0.05) is 0 Å². The fourth-order valence-corrected chi connectivity index (χ4v) is 2.15. The second-order valence-electron chi connectivity index (χ2n) is 4.27. The van der Waals surface area contributed by atoms with Crippen molar-refractivity contribution in [1.82, 2.24) is 4.98 Å². The van der Waals surface area contributed by atoms with E-state index in [1.54, 1.807) is 0 Å². The minimum absolute atomic E-state index is 0.728. The molecule has 2 heterocycles. The molecule has 3 rings (SSSR count). The van der Waals surface area contributed by atoms with Crippen molar-refractivity contribution in [2.24, 2.45) is 0 Å². The van der Waals surface area contributed by atoms with Crippen molar-refractivity contribution >= 4 is 22.8 Å². The summed E-state index contributed by atoms with van der Waals surface area (Å²) in [6.45, 7) is 2.09. The first-order valence-corrected chi connectivity index (χ1v) is 5.74. The first kappa shape index (κ1) is 9.51. The van der Waals surface area contributed by atoms with Crippen LogP contribution in [0.3, 0.4) is 0 Å². The fraction of sp³-hybridized carbons (Fsp3) is 0.417. The predicted molar refractivity (Wildman–Crippen MR) is 64.5 cm³/mol. The van der Waals surface area contributed by atoms with Crippen molar-refractivity contribution in [3.63, 3.8) is 0 Å². The Morgan fingerprint density at radius 1 is 1.19 bits per heavy atom. The Morgan fingerprint density at radius 2 is 2.00 bits per heavy atom. The van der Waals surface area contributed by atoms with Crippen LogP contribution in [0.15, 0.2) is 22.6 Å². The van der Waals surface area contributed by atoms with E-state index in [1.807, 2.05) is 18.2 Å². The Labute approximate surface area is 94.0 Å². The van der Waals surface area contributed by atoms with Crippen LogP contribution in [0.5, 0.6) is 0 Å². The van der Waals surface area contributed by atoms with E-state index < -0.39 is 0 Å². The first-order valence-electron chi connectivity index (χ1n) is 5.74. The predicted octanol–water partition coefficient (Wildman–Crippen LogP) is 2.40. The van der Waals surface area contributed by atoms with E-state index in [4.69, 9.17) is 10.2 Å². The van der Waals surface area contributed by atoms with Crippen molar-refractivity contribution in [2.45, 2.75) is 19.3 Å². The molecule has 0 bridgehead atoms. The molecule has 0 radical (unpaired) electrons.